The van der Waals surface area contributed by atoms with Gasteiger partial charge < -0.3 is 9.64 Å². The Morgan fingerprint density at radius 2 is 2.30 bits per heavy atom. The van der Waals surface area contributed by atoms with Crippen LogP contribution in [0.15, 0.2) is 0 Å². The van der Waals surface area contributed by atoms with Crippen molar-refractivity contribution in [1.29, 1.82) is 0 Å². The molecule has 2 nitrogen and oxygen atoms in total. The van der Waals surface area contributed by atoms with Crippen LogP contribution in [-0.2, 0) is 4.74 Å². The summed E-state index contributed by atoms with van der Waals surface area (Å²) in [5.74, 6) is 0.943. The molecule has 2 rings (SSSR count). The molecular weight excluding hydrogens is 126 g/mol. The molecule has 0 spiro atoms. The molecule has 0 aromatic carbocycles. The Labute approximate surface area is 62.2 Å². The fourth-order valence-electron chi connectivity index (χ4n) is 2.13. The van der Waals surface area contributed by atoms with E-state index < -0.39 is 0 Å². The van der Waals surface area contributed by atoms with E-state index in [0.29, 0.717) is 0 Å². The van der Waals surface area contributed by atoms with Crippen LogP contribution in [0.25, 0.3) is 0 Å². The summed E-state index contributed by atoms with van der Waals surface area (Å²) in [7, 11) is 2.21. The number of likely N-dealkylation sites (N-methyl/N-ethyl adjacent to an activating group) is 1. The Balaban J connectivity index is 2.01. The molecule has 2 fully saturated rings. The van der Waals surface area contributed by atoms with Crippen LogP contribution in [0.1, 0.15) is 12.8 Å². The van der Waals surface area contributed by atoms with E-state index in [9.17, 15) is 0 Å². The molecule has 58 valence electrons. The van der Waals surface area contributed by atoms with Gasteiger partial charge in [0.25, 0.3) is 0 Å². The standard InChI is InChI=1S/C8H15NO/c1-9-4-2-7-3-5-10-6-8(7)9/h7-8H,2-6H2,1H3. The van der Waals surface area contributed by atoms with Gasteiger partial charge in [-0.25, -0.2) is 0 Å². The first-order chi connectivity index (χ1) is 4.88. The van der Waals surface area contributed by atoms with E-state index in [-0.39, 0.29) is 0 Å². The van der Waals surface area contributed by atoms with Crippen LogP contribution in [0.2, 0.25) is 0 Å². The highest BCUT2D eigenvalue weighted by Gasteiger charge is 2.33. The van der Waals surface area contributed by atoms with Crippen LogP contribution in [0.4, 0.5) is 0 Å². The molecule has 0 radical (unpaired) electrons. The maximum atomic E-state index is 5.41. The summed E-state index contributed by atoms with van der Waals surface area (Å²) in [5, 5.41) is 0. The van der Waals surface area contributed by atoms with Crippen molar-refractivity contribution in [3.05, 3.63) is 0 Å². The maximum absolute atomic E-state index is 5.41. The molecule has 2 aliphatic heterocycles. The second-order valence-electron chi connectivity index (χ2n) is 3.46. The van der Waals surface area contributed by atoms with Crippen molar-refractivity contribution in [1.82, 2.24) is 4.90 Å². The average molecular weight is 141 g/mol. The highest BCUT2D eigenvalue weighted by Crippen LogP contribution is 2.28. The Bertz CT molecular complexity index is 124. The number of ether oxygens (including phenoxy) is 1. The van der Waals surface area contributed by atoms with Gasteiger partial charge in [-0.15, -0.1) is 0 Å². The molecule has 0 aromatic rings. The van der Waals surface area contributed by atoms with Crippen molar-refractivity contribution < 1.29 is 4.74 Å². The lowest BCUT2D eigenvalue weighted by atomic mass is 9.96. The zero-order chi connectivity index (χ0) is 6.97. The number of rotatable bonds is 0. The third-order valence-electron chi connectivity index (χ3n) is 2.88. The quantitative estimate of drug-likeness (QED) is 0.493. The lowest BCUT2D eigenvalue weighted by Gasteiger charge is -2.29. The highest BCUT2D eigenvalue weighted by molar-refractivity contribution is 4.86. The van der Waals surface area contributed by atoms with Gasteiger partial charge in [0, 0.05) is 12.6 Å². The van der Waals surface area contributed by atoms with Crippen LogP contribution in [0, 0.1) is 5.92 Å². The van der Waals surface area contributed by atoms with Crippen molar-refractivity contribution in [2.75, 3.05) is 26.8 Å². The molecule has 2 atom stereocenters. The fraction of sp³-hybridized carbons (Fsp3) is 1.00. The third kappa shape index (κ3) is 0.956. The highest BCUT2D eigenvalue weighted by atomic mass is 16.5. The topological polar surface area (TPSA) is 12.5 Å². The first kappa shape index (κ1) is 6.62. The zero-order valence-corrected chi connectivity index (χ0v) is 6.55. The van der Waals surface area contributed by atoms with E-state index in [4.69, 9.17) is 4.74 Å². The first-order valence-corrected chi connectivity index (χ1v) is 4.16. The van der Waals surface area contributed by atoms with E-state index >= 15 is 0 Å². The van der Waals surface area contributed by atoms with Gasteiger partial charge in [0.1, 0.15) is 0 Å². The SMILES string of the molecule is CN1CCC2CCOCC21. The summed E-state index contributed by atoms with van der Waals surface area (Å²) in [6, 6.07) is 0.744. The predicted octanol–water partition coefficient (Wildman–Crippen LogP) is 0.727. The van der Waals surface area contributed by atoms with E-state index in [0.717, 1.165) is 25.2 Å². The van der Waals surface area contributed by atoms with Gasteiger partial charge in [-0.2, -0.15) is 0 Å². The number of likely N-dealkylation sites (tertiary alicyclic amines) is 1. The molecule has 2 unspecified atom stereocenters. The summed E-state index contributed by atoms with van der Waals surface area (Å²) in [6.45, 7) is 3.24. The number of hydrogen-bond acceptors (Lipinski definition) is 2. The second kappa shape index (κ2) is 2.51. The zero-order valence-electron chi connectivity index (χ0n) is 6.55. The number of fused-ring (bicyclic) bond motifs is 1. The van der Waals surface area contributed by atoms with Crippen molar-refractivity contribution in [3.8, 4) is 0 Å². The van der Waals surface area contributed by atoms with Gasteiger partial charge >= 0.3 is 0 Å². The second-order valence-corrected chi connectivity index (χ2v) is 3.46. The minimum Gasteiger partial charge on any atom is -0.380 e. The maximum Gasteiger partial charge on any atom is 0.0624 e. The van der Waals surface area contributed by atoms with E-state index in [1.807, 2.05) is 0 Å². The summed E-state index contributed by atoms with van der Waals surface area (Å²) < 4.78 is 5.41. The molecule has 0 N–H and O–H groups in total. The van der Waals surface area contributed by atoms with Gasteiger partial charge in [-0.05, 0) is 32.4 Å². The minimum absolute atomic E-state index is 0.744. The van der Waals surface area contributed by atoms with Crippen molar-refractivity contribution in [2.45, 2.75) is 18.9 Å². The van der Waals surface area contributed by atoms with E-state index in [1.165, 1.54) is 19.4 Å². The van der Waals surface area contributed by atoms with Crippen LogP contribution in [0.3, 0.4) is 0 Å². The Morgan fingerprint density at radius 1 is 1.40 bits per heavy atom. The summed E-state index contributed by atoms with van der Waals surface area (Å²) >= 11 is 0. The summed E-state index contributed by atoms with van der Waals surface area (Å²) in [5.41, 5.74) is 0. The molecule has 2 heteroatoms. The van der Waals surface area contributed by atoms with Gasteiger partial charge in [-0.3, -0.25) is 0 Å². The minimum atomic E-state index is 0.744. The molecule has 2 aliphatic rings. The van der Waals surface area contributed by atoms with Gasteiger partial charge in [0.2, 0.25) is 0 Å². The molecule has 0 bridgehead atoms. The van der Waals surface area contributed by atoms with Gasteiger partial charge in [-0.1, -0.05) is 0 Å². The van der Waals surface area contributed by atoms with E-state index in [1.54, 1.807) is 0 Å². The van der Waals surface area contributed by atoms with Crippen molar-refractivity contribution in [2.24, 2.45) is 5.92 Å². The largest absolute Gasteiger partial charge is 0.380 e. The lowest BCUT2D eigenvalue weighted by molar-refractivity contribution is 0.0231. The third-order valence-corrected chi connectivity index (χ3v) is 2.88. The summed E-state index contributed by atoms with van der Waals surface area (Å²) in [4.78, 5) is 2.43. The average Bonchev–Trinajstić information content (AvgIpc) is 2.34. The van der Waals surface area contributed by atoms with E-state index in [2.05, 4.69) is 11.9 Å². The molecular formula is C8H15NO. The lowest BCUT2D eigenvalue weighted by Crippen LogP contribution is -2.37. The van der Waals surface area contributed by atoms with Crippen molar-refractivity contribution in [3.63, 3.8) is 0 Å². The van der Waals surface area contributed by atoms with Gasteiger partial charge in [0.15, 0.2) is 0 Å². The molecule has 0 amide bonds. The molecule has 2 saturated heterocycles. The number of hydrogen-bond donors (Lipinski definition) is 0. The summed E-state index contributed by atoms with van der Waals surface area (Å²) in [6.07, 6.45) is 2.68. The molecule has 0 aromatic heterocycles. The van der Waals surface area contributed by atoms with Crippen LogP contribution in [0.5, 0.6) is 0 Å². The first-order valence-electron chi connectivity index (χ1n) is 4.16. The molecule has 0 aliphatic carbocycles. The molecule has 10 heavy (non-hydrogen) atoms. The Hall–Kier alpha value is -0.0800. The van der Waals surface area contributed by atoms with Gasteiger partial charge in [0.05, 0.1) is 6.61 Å². The molecule has 0 saturated carbocycles. The normalized spacial score (nSPS) is 41.7. The Kier molecular flexibility index (Phi) is 1.66. The Morgan fingerprint density at radius 3 is 3.10 bits per heavy atom. The van der Waals surface area contributed by atoms with Crippen LogP contribution < -0.4 is 0 Å². The van der Waals surface area contributed by atoms with Crippen molar-refractivity contribution >= 4 is 0 Å². The predicted molar refractivity (Wildman–Crippen MR) is 40.0 cm³/mol. The van der Waals surface area contributed by atoms with Crippen LogP contribution >= 0.6 is 0 Å². The smallest absolute Gasteiger partial charge is 0.0624 e. The van der Waals surface area contributed by atoms with Crippen LogP contribution in [-0.4, -0.2) is 37.7 Å². The number of nitrogens with zero attached hydrogens (tertiary/aromatic N) is 1. The fourth-order valence-corrected chi connectivity index (χ4v) is 2.13. The monoisotopic (exact) mass is 141 g/mol. The molecule has 2 heterocycles.